The SMILES string of the molecule is Cc1cccnc1-c1nc2cc(Nc3ccc(N4CCC(F)(F)C4)c(N4C[C@@H]5C[C@H]4CN5C)n3)ncc2s1. The average molecular weight is 535 g/mol. The molecule has 196 valence electrons. The summed E-state index contributed by atoms with van der Waals surface area (Å²) in [6, 6.07) is 10.4. The van der Waals surface area contributed by atoms with Crippen molar-refractivity contribution in [2.75, 3.05) is 48.3 Å². The van der Waals surface area contributed by atoms with Crippen LogP contribution in [0.2, 0.25) is 0 Å². The van der Waals surface area contributed by atoms with E-state index < -0.39 is 5.92 Å². The summed E-state index contributed by atoms with van der Waals surface area (Å²) in [6.45, 7) is 3.90. The van der Waals surface area contributed by atoms with Crippen molar-refractivity contribution >= 4 is 44.7 Å². The van der Waals surface area contributed by atoms with Crippen LogP contribution in [-0.2, 0) is 0 Å². The summed E-state index contributed by atoms with van der Waals surface area (Å²) >= 11 is 1.56. The minimum absolute atomic E-state index is 0.126. The zero-order valence-electron chi connectivity index (χ0n) is 21.2. The van der Waals surface area contributed by atoms with E-state index in [1.165, 1.54) is 0 Å². The Morgan fingerprint density at radius 3 is 2.71 bits per heavy atom. The molecular formula is C27H28F2N8S. The van der Waals surface area contributed by atoms with Gasteiger partial charge in [0, 0.05) is 56.6 Å². The van der Waals surface area contributed by atoms with Gasteiger partial charge in [0.25, 0.3) is 5.92 Å². The summed E-state index contributed by atoms with van der Waals surface area (Å²) in [7, 11) is 2.15. The van der Waals surface area contributed by atoms with Gasteiger partial charge in [-0.05, 0) is 44.2 Å². The highest BCUT2D eigenvalue weighted by atomic mass is 32.1. The maximum absolute atomic E-state index is 14.1. The smallest absolute Gasteiger partial charge is 0.266 e. The number of hydrogen-bond donors (Lipinski definition) is 1. The molecule has 38 heavy (non-hydrogen) atoms. The number of alkyl halides is 2. The molecule has 3 aliphatic rings. The number of piperazine rings is 1. The van der Waals surface area contributed by atoms with E-state index >= 15 is 0 Å². The highest BCUT2D eigenvalue weighted by Gasteiger charge is 2.44. The predicted octanol–water partition coefficient (Wildman–Crippen LogP) is 4.94. The highest BCUT2D eigenvalue weighted by Crippen LogP contribution is 2.41. The van der Waals surface area contributed by atoms with Crippen molar-refractivity contribution in [1.82, 2.24) is 24.8 Å². The largest absolute Gasteiger partial charge is 0.362 e. The van der Waals surface area contributed by atoms with Gasteiger partial charge in [0.15, 0.2) is 5.82 Å². The fourth-order valence-electron chi connectivity index (χ4n) is 5.88. The lowest BCUT2D eigenvalue weighted by Gasteiger charge is -2.35. The average Bonchev–Trinajstić information content (AvgIpc) is 3.66. The molecule has 2 atom stereocenters. The molecule has 0 amide bonds. The molecule has 0 radical (unpaired) electrons. The molecule has 2 bridgehead atoms. The zero-order valence-corrected chi connectivity index (χ0v) is 22.0. The quantitative estimate of drug-likeness (QED) is 0.386. The standard InChI is InChI=1S/C27H28F2N8S/c1-16-4-3-8-30-24(16)26-32-19-11-23(31-12-21(19)38-26)33-22-6-5-20(36-9-7-27(28,29)15-36)25(34-22)37-14-17-10-18(37)13-35(17)2/h3-6,8,11-12,17-18H,7,9-10,13-15H2,1-2H3,(H,31,33,34)/t17-,18-/m0/s1. The van der Waals surface area contributed by atoms with Crippen molar-refractivity contribution in [2.45, 2.75) is 37.8 Å². The number of anilines is 4. The fourth-order valence-corrected chi connectivity index (χ4v) is 6.86. The number of nitrogens with one attached hydrogen (secondary N) is 1. The zero-order chi connectivity index (χ0) is 26.0. The van der Waals surface area contributed by atoms with Crippen molar-refractivity contribution in [3.8, 4) is 10.7 Å². The molecule has 11 heteroatoms. The van der Waals surface area contributed by atoms with Crippen LogP contribution >= 0.6 is 11.3 Å². The number of aromatic nitrogens is 4. The monoisotopic (exact) mass is 534 g/mol. The maximum atomic E-state index is 14.1. The minimum Gasteiger partial charge on any atom is -0.362 e. The topological polar surface area (TPSA) is 73.3 Å². The second-order valence-electron chi connectivity index (χ2n) is 10.6. The molecule has 0 spiro atoms. The molecule has 0 unspecified atom stereocenters. The Bertz CT molecular complexity index is 1520. The van der Waals surface area contributed by atoms with Gasteiger partial charge in [-0.25, -0.2) is 23.7 Å². The number of likely N-dealkylation sites (tertiary alicyclic amines) is 1. The lowest BCUT2D eigenvalue weighted by molar-refractivity contribution is 0.0257. The molecule has 3 fully saturated rings. The van der Waals surface area contributed by atoms with Crippen molar-refractivity contribution < 1.29 is 8.78 Å². The summed E-state index contributed by atoms with van der Waals surface area (Å²) in [5.74, 6) is -0.629. The van der Waals surface area contributed by atoms with E-state index in [-0.39, 0.29) is 13.0 Å². The Balaban J connectivity index is 1.20. The molecule has 7 rings (SSSR count). The Morgan fingerprint density at radius 2 is 1.97 bits per heavy atom. The van der Waals surface area contributed by atoms with Crippen LogP contribution in [0, 0.1) is 6.92 Å². The number of fused-ring (bicyclic) bond motifs is 3. The Morgan fingerprint density at radius 1 is 1.08 bits per heavy atom. The van der Waals surface area contributed by atoms with Gasteiger partial charge >= 0.3 is 0 Å². The van der Waals surface area contributed by atoms with E-state index in [4.69, 9.17) is 9.97 Å². The molecule has 3 saturated heterocycles. The molecule has 0 saturated carbocycles. The van der Waals surface area contributed by atoms with E-state index in [9.17, 15) is 8.78 Å². The van der Waals surface area contributed by atoms with Gasteiger partial charge in [-0.2, -0.15) is 0 Å². The Kier molecular flexibility index (Phi) is 5.48. The first-order chi connectivity index (χ1) is 18.3. The van der Waals surface area contributed by atoms with Crippen molar-refractivity contribution in [3.05, 3.63) is 48.3 Å². The van der Waals surface area contributed by atoms with Gasteiger partial charge in [0.1, 0.15) is 22.3 Å². The third-order valence-electron chi connectivity index (χ3n) is 7.89. The van der Waals surface area contributed by atoms with Crippen LogP contribution in [0.4, 0.5) is 31.9 Å². The lowest BCUT2D eigenvalue weighted by atomic mass is 10.2. The summed E-state index contributed by atoms with van der Waals surface area (Å²) in [5.41, 5.74) is 3.57. The van der Waals surface area contributed by atoms with Gasteiger partial charge < -0.3 is 15.1 Å². The molecule has 1 N–H and O–H groups in total. The van der Waals surface area contributed by atoms with Crippen LogP contribution in [0.3, 0.4) is 0 Å². The number of halogens is 2. The third-order valence-corrected chi connectivity index (χ3v) is 8.91. The molecule has 3 aliphatic heterocycles. The number of aryl methyl sites for hydroxylation is 1. The molecule has 0 aliphatic carbocycles. The van der Waals surface area contributed by atoms with Gasteiger partial charge in [0.2, 0.25) is 0 Å². The van der Waals surface area contributed by atoms with Crippen LogP contribution in [0.15, 0.2) is 42.7 Å². The Hall–Kier alpha value is -3.44. The number of rotatable bonds is 5. The molecule has 4 aromatic heterocycles. The van der Waals surface area contributed by atoms with E-state index in [0.29, 0.717) is 30.3 Å². The minimum atomic E-state index is -2.67. The normalized spacial score (nSPS) is 22.6. The lowest BCUT2D eigenvalue weighted by Crippen LogP contribution is -2.45. The van der Waals surface area contributed by atoms with E-state index in [1.54, 1.807) is 22.4 Å². The molecule has 0 aromatic carbocycles. The van der Waals surface area contributed by atoms with Crippen molar-refractivity contribution in [2.24, 2.45) is 0 Å². The maximum Gasteiger partial charge on any atom is 0.266 e. The van der Waals surface area contributed by atoms with E-state index in [1.807, 2.05) is 43.5 Å². The first-order valence-corrected chi connectivity index (χ1v) is 13.7. The molecule has 7 heterocycles. The number of thiazole rings is 1. The molecule has 8 nitrogen and oxygen atoms in total. The number of pyridine rings is 3. The fraction of sp³-hybridized carbons (Fsp3) is 0.407. The van der Waals surface area contributed by atoms with Gasteiger partial charge in [-0.1, -0.05) is 6.07 Å². The second-order valence-corrected chi connectivity index (χ2v) is 11.6. The van der Waals surface area contributed by atoms with Crippen molar-refractivity contribution in [1.29, 1.82) is 0 Å². The number of likely N-dealkylation sites (N-methyl/N-ethyl adjacent to an activating group) is 1. The van der Waals surface area contributed by atoms with E-state index in [2.05, 4.69) is 32.1 Å². The predicted molar refractivity (Wildman–Crippen MR) is 147 cm³/mol. The van der Waals surface area contributed by atoms with Gasteiger partial charge in [-0.15, -0.1) is 11.3 Å². The number of nitrogens with zero attached hydrogens (tertiary/aromatic N) is 7. The third kappa shape index (κ3) is 4.14. The molecule has 4 aromatic rings. The van der Waals surface area contributed by atoms with Crippen molar-refractivity contribution in [3.63, 3.8) is 0 Å². The van der Waals surface area contributed by atoms with E-state index in [0.717, 1.165) is 57.5 Å². The van der Waals surface area contributed by atoms with Crippen LogP contribution < -0.4 is 15.1 Å². The first-order valence-electron chi connectivity index (χ1n) is 12.9. The first kappa shape index (κ1) is 23.7. The highest BCUT2D eigenvalue weighted by molar-refractivity contribution is 7.21. The van der Waals surface area contributed by atoms with Crippen LogP contribution in [0.5, 0.6) is 0 Å². The van der Waals surface area contributed by atoms with Gasteiger partial charge in [0.05, 0.1) is 22.4 Å². The van der Waals surface area contributed by atoms with Crippen LogP contribution in [0.25, 0.3) is 20.9 Å². The van der Waals surface area contributed by atoms with Gasteiger partial charge in [-0.3, -0.25) is 9.88 Å². The summed E-state index contributed by atoms with van der Waals surface area (Å²) in [6.07, 6.45) is 4.54. The number of hydrogen-bond acceptors (Lipinski definition) is 9. The summed E-state index contributed by atoms with van der Waals surface area (Å²) < 4.78 is 29.2. The van der Waals surface area contributed by atoms with Crippen LogP contribution in [0.1, 0.15) is 18.4 Å². The molecular weight excluding hydrogens is 506 g/mol. The van der Waals surface area contributed by atoms with Crippen LogP contribution in [-0.4, -0.2) is 76.1 Å². The Labute approximate surface area is 223 Å². The second kappa shape index (κ2) is 8.81. The summed E-state index contributed by atoms with van der Waals surface area (Å²) in [5, 5.41) is 4.19. The summed E-state index contributed by atoms with van der Waals surface area (Å²) in [4.78, 5) is 25.3.